The van der Waals surface area contributed by atoms with Crippen LogP contribution in [-0.2, 0) is 0 Å². The first-order valence-corrected chi connectivity index (χ1v) is 5.70. The summed E-state index contributed by atoms with van der Waals surface area (Å²) < 4.78 is 2.08. The van der Waals surface area contributed by atoms with Gasteiger partial charge in [0.25, 0.3) is 0 Å². The maximum absolute atomic E-state index is 5.95. The summed E-state index contributed by atoms with van der Waals surface area (Å²) in [4.78, 5) is 12.4. The van der Waals surface area contributed by atoms with E-state index in [0.717, 1.165) is 25.0 Å². The van der Waals surface area contributed by atoms with Crippen LogP contribution in [0.25, 0.3) is 11.2 Å². The van der Waals surface area contributed by atoms with E-state index in [2.05, 4.69) is 19.5 Å². The third-order valence-corrected chi connectivity index (χ3v) is 3.53. The molecule has 16 heavy (non-hydrogen) atoms. The third-order valence-electron chi connectivity index (χ3n) is 3.25. The molecule has 1 aliphatic rings. The molecule has 2 aromatic rings. The Morgan fingerprint density at radius 3 is 2.94 bits per heavy atom. The molecule has 84 valence electrons. The maximum Gasteiger partial charge on any atom is 0.165 e. The molecular formula is C10H12ClN5. The molecule has 2 aromatic heterocycles. The normalized spacial score (nSPS) is 24.6. The average molecular weight is 238 g/mol. The van der Waals surface area contributed by atoms with Crippen molar-refractivity contribution in [3.05, 3.63) is 17.8 Å². The number of imidazole rings is 1. The van der Waals surface area contributed by atoms with Crippen LogP contribution in [0.3, 0.4) is 0 Å². The SMILES string of the molecule is NCC1CC(n2cnc3c(Cl)ncnc32)C1. The van der Waals surface area contributed by atoms with Crippen LogP contribution in [0, 0.1) is 5.92 Å². The number of nitrogens with two attached hydrogens (primary N) is 1. The van der Waals surface area contributed by atoms with E-state index in [1.54, 1.807) is 6.33 Å². The largest absolute Gasteiger partial charge is 0.330 e. The maximum atomic E-state index is 5.95. The predicted molar refractivity (Wildman–Crippen MR) is 61.1 cm³/mol. The van der Waals surface area contributed by atoms with Crippen LogP contribution in [0.5, 0.6) is 0 Å². The molecule has 0 spiro atoms. The van der Waals surface area contributed by atoms with Gasteiger partial charge in [0.05, 0.1) is 6.33 Å². The molecule has 0 atom stereocenters. The Kier molecular flexibility index (Phi) is 2.29. The van der Waals surface area contributed by atoms with Gasteiger partial charge in [-0.25, -0.2) is 15.0 Å². The van der Waals surface area contributed by atoms with Gasteiger partial charge in [-0.1, -0.05) is 11.6 Å². The molecule has 0 unspecified atom stereocenters. The van der Waals surface area contributed by atoms with E-state index >= 15 is 0 Å². The first kappa shape index (κ1) is 9.99. The second kappa shape index (κ2) is 3.68. The van der Waals surface area contributed by atoms with Crippen molar-refractivity contribution >= 4 is 22.8 Å². The second-order valence-electron chi connectivity index (χ2n) is 4.22. The molecule has 3 rings (SSSR count). The zero-order valence-electron chi connectivity index (χ0n) is 8.67. The zero-order valence-corrected chi connectivity index (χ0v) is 9.43. The fraction of sp³-hybridized carbons (Fsp3) is 0.500. The summed E-state index contributed by atoms with van der Waals surface area (Å²) in [6.45, 7) is 0.763. The van der Waals surface area contributed by atoms with Gasteiger partial charge in [-0.2, -0.15) is 0 Å². The van der Waals surface area contributed by atoms with Crippen molar-refractivity contribution in [2.75, 3.05) is 6.54 Å². The standard InChI is InChI=1S/C10H12ClN5/c11-9-8-10(14-4-13-9)16(5-15-8)7-1-6(2-7)3-12/h4-7H,1-3,12H2. The summed E-state index contributed by atoms with van der Waals surface area (Å²) in [5.41, 5.74) is 7.12. The molecule has 0 aliphatic heterocycles. The Bertz CT molecular complexity index is 517. The predicted octanol–water partition coefficient (Wildman–Crippen LogP) is 1.39. The zero-order chi connectivity index (χ0) is 11.1. The molecular weight excluding hydrogens is 226 g/mol. The monoisotopic (exact) mass is 237 g/mol. The van der Waals surface area contributed by atoms with Gasteiger partial charge in [0.1, 0.15) is 11.8 Å². The van der Waals surface area contributed by atoms with Crippen molar-refractivity contribution in [1.29, 1.82) is 0 Å². The van der Waals surface area contributed by atoms with Gasteiger partial charge in [-0.3, -0.25) is 0 Å². The summed E-state index contributed by atoms with van der Waals surface area (Å²) in [5.74, 6) is 0.639. The minimum atomic E-state index is 0.415. The summed E-state index contributed by atoms with van der Waals surface area (Å²) >= 11 is 5.95. The summed E-state index contributed by atoms with van der Waals surface area (Å²) in [7, 11) is 0. The lowest BCUT2D eigenvalue weighted by Gasteiger charge is -2.35. The molecule has 1 saturated carbocycles. The number of fused-ring (bicyclic) bond motifs is 1. The van der Waals surface area contributed by atoms with Gasteiger partial charge in [0, 0.05) is 6.04 Å². The summed E-state index contributed by atoms with van der Waals surface area (Å²) in [5, 5.41) is 0.415. The van der Waals surface area contributed by atoms with Crippen LogP contribution in [0.2, 0.25) is 5.15 Å². The molecule has 0 amide bonds. The topological polar surface area (TPSA) is 69.6 Å². The number of rotatable bonds is 2. The minimum Gasteiger partial charge on any atom is -0.330 e. The molecule has 2 N–H and O–H groups in total. The number of hydrogen-bond acceptors (Lipinski definition) is 4. The van der Waals surface area contributed by atoms with Crippen molar-refractivity contribution in [2.24, 2.45) is 11.7 Å². The Morgan fingerprint density at radius 2 is 2.19 bits per heavy atom. The highest BCUT2D eigenvalue weighted by Crippen LogP contribution is 2.38. The lowest BCUT2D eigenvalue weighted by Crippen LogP contribution is -2.31. The van der Waals surface area contributed by atoms with E-state index in [1.165, 1.54) is 6.33 Å². The smallest absolute Gasteiger partial charge is 0.165 e. The fourth-order valence-electron chi connectivity index (χ4n) is 2.21. The van der Waals surface area contributed by atoms with Gasteiger partial charge in [-0.05, 0) is 25.3 Å². The lowest BCUT2D eigenvalue weighted by atomic mass is 9.80. The van der Waals surface area contributed by atoms with Gasteiger partial charge < -0.3 is 10.3 Å². The molecule has 1 fully saturated rings. The quantitative estimate of drug-likeness (QED) is 0.802. The molecule has 0 aromatic carbocycles. The molecule has 6 heteroatoms. The van der Waals surface area contributed by atoms with Gasteiger partial charge in [-0.15, -0.1) is 0 Å². The van der Waals surface area contributed by atoms with Gasteiger partial charge in [0.15, 0.2) is 10.8 Å². The van der Waals surface area contributed by atoms with Gasteiger partial charge in [0.2, 0.25) is 0 Å². The van der Waals surface area contributed by atoms with Crippen LogP contribution in [0.4, 0.5) is 0 Å². The summed E-state index contributed by atoms with van der Waals surface area (Å²) in [6.07, 6.45) is 5.47. The molecule has 0 saturated heterocycles. The van der Waals surface area contributed by atoms with E-state index in [0.29, 0.717) is 22.6 Å². The average Bonchev–Trinajstić information content (AvgIpc) is 2.62. The van der Waals surface area contributed by atoms with Crippen molar-refractivity contribution in [1.82, 2.24) is 19.5 Å². The van der Waals surface area contributed by atoms with E-state index in [1.807, 2.05) is 0 Å². The number of hydrogen-bond donors (Lipinski definition) is 1. The van der Waals surface area contributed by atoms with Gasteiger partial charge >= 0.3 is 0 Å². The lowest BCUT2D eigenvalue weighted by molar-refractivity contribution is 0.208. The van der Waals surface area contributed by atoms with Crippen molar-refractivity contribution < 1.29 is 0 Å². The van der Waals surface area contributed by atoms with Crippen LogP contribution in [0.15, 0.2) is 12.7 Å². The third kappa shape index (κ3) is 1.39. The second-order valence-corrected chi connectivity index (χ2v) is 4.57. The van der Waals surface area contributed by atoms with E-state index < -0.39 is 0 Å². The fourth-order valence-corrected chi connectivity index (χ4v) is 2.39. The van der Waals surface area contributed by atoms with Crippen LogP contribution in [0.1, 0.15) is 18.9 Å². The molecule has 1 aliphatic carbocycles. The molecule has 0 radical (unpaired) electrons. The Balaban J connectivity index is 1.97. The highest BCUT2D eigenvalue weighted by molar-refractivity contribution is 6.33. The number of halogens is 1. The molecule has 2 heterocycles. The minimum absolute atomic E-state index is 0.415. The highest BCUT2D eigenvalue weighted by Gasteiger charge is 2.30. The first-order chi connectivity index (χ1) is 7.79. The number of nitrogens with zero attached hydrogens (tertiary/aromatic N) is 4. The molecule has 5 nitrogen and oxygen atoms in total. The van der Waals surface area contributed by atoms with E-state index in [-0.39, 0.29) is 0 Å². The van der Waals surface area contributed by atoms with E-state index in [9.17, 15) is 0 Å². The van der Waals surface area contributed by atoms with Crippen LogP contribution in [-0.4, -0.2) is 26.1 Å². The Morgan fingerprint density at radius 1 is 1.38 bits per heavy atom. The highest BCUT2D eigenvalue weighted by atomic mass is 35.5. The van der Waals surface area contributed by atoms with Crippen molar-refractivity contribution in [3.63, 3.8) is 0 Å². The van der Waals surface area contributed by atoms with Crippen LogP contribution >= 0.6 is 11.6 Å². The summed E-state index contributed by atoms with van der Waals surface area (Å²) in [6, 6.07) is 0.463. The van der Waals surface area contributed by atoms with E-state index in [4.69, 9.17) is 17.3 Å². The first-order valence-electron chi connectivity index (χ1n) is 5.32. The van der Waals surface area contributed by atoms with Crippen LogP contribution < -0.4 is 5.73 Å². The van der Waals surface area contributed by atoms with Crippen molar-refractivity contribution in [3.8, 4) is 0 Å². The molecule has 0 bridgehead atoms. The Hall–Kier alpha value is -1.20. The number of aromatic nitrogens is 4. The Labute approximate surface area is 97.7 Å². The van der Waals surface area contributed by atoms with Crippen molar-refractivity contribution in [2.45, 2.75) is 18.9 Å².